The molecule has 1 unspecified atom stereocenters. The van der Waals surface area contributed by atoms with Crippen molar-refractivity contribution in [3.05, 3.63) is 0 Å². The third-order valence-electron chi connectivity index (χ3n) is 10.1. The first-order valence-corrected chi connectivity index (χ1v) is 26.8. The smallest absolute Gasteiger partial charge is 0.160 e. The molecule has 0 saturated heterocycles. The van der Waals surface area contributed by atoms with Crippen LogP contribution in [0.5, 0.6) is 0 Å². The summed E-state index contributed by atoms with van der Waals surface area (Å²) in [6, 6.07) is 12.4. The lowest BCUT2D eigenvalue weighted by atomic mass is 9.86. The van der Waals surface area contributed by atoms with Crippen LogP contribution in [-0.4, -0.2) is 41.5 Å². The van der Waals surface area contributed by atoms with E-state index < -0.39 is 29.6 Å². The number of carbonyl (C=O) groups is 1. The third-order valence-corrected chi connectivity index (χ3v) is 80.1. The van der Waals surface area contributed by atoms with Crippen LogP contribution in [0.15, 0.2) is 0 Å². The second-order valence-electron chi connectivity index (χ2n) is 11.6. The van der Waals surface area contributed by atoms with Crippen molar-refractivity contribution in [1.29, 1.82) is 0 Å². The van der Waals surface area contributed by atoms with E-state index in [0.717, 1.165) is 0 Å². The molecule has 6 heteroatoms. The molecule has 0 bridgehead atoms. The molecule has 32 heavy (non-hydrogen) atoms. The van der Waals surface area contributed by atoms with Gasteiger partial charge in [0.05, 0.1) is 28.9 Å². The minimum Gasteiger partial charge on any atom is -0.422 e. The molecule has 1 atom stereocenters. The molecule has 0 aromatic carbocycles. The molecule has 0 aliphatic carbocycles. The summed E-state index contributed by atoms with van der Waals surface area (Å²) in [6.45, 7) is 29.4. The molecule has 0 N–H and O–H groups in total. The van der Waals surface area contributed by atoms with E-state index in [2.05, 4.69) is 83.1 Å². The zero-order valence-electron chi connectivity index (χ0n) is 24.5. The maximum Gasteiger partial charge on any atom is 0.160 e. The molecule has 0 amide bonds. The van der Waals surface area contributed by atoms with E-state index in [9.17, 15) is 4.79 Å². The summed E-state index contributed by atoms with van der Waals surface area (Å²) < 4.78 is 8.13. The largest absolute Gasteiger partial charge is 0.422 e. The normalized spacial score (nSPS) is 15.2. The first kappa shape index (κ1) is 32.5. The molecule has 0 aromatic heterocycles. The molecule has 0 saturated carbocycles. The average molecular weight is 517 g/mol. The fourth-order valence-corrected chi connectivity index (χ4v) is 108. The molecule has 0 heterocycles. The molecule has 0 radical (unpaired) electrons. The van der Waals surface area contributed by atoms with Crippen molar-refractivity contribution < 1.29 is 9.22 Å². The Hall–Kier alpha value is 0.498. The molecular weight excluding hydrogens is 457 g/mol. The van der Waals surface area contributed by atoms with E-state index in [1.165, 1.54) is 54.4 Å². The van der Waals surface area contributed by atoms with Gasteiger partial charge >= 0.3 is 0 Å². The van der Waals surface area contributed by atoms with Gasteiger partial charge in [-0.05, 0) is 12.3 Å². The summed E-state index contributed by atoms with van der Waals surface area (Å²) in [5.74, 6) is 0.304. The van der Waals surface area contributed by atoms with Crippen molar-refractivity contribution in [2.24, 2.45) is 5.41 Å². The molecule has 0 aliphatic rings. The second-order valence-corrected chi connectivity index (χ2v) is 47.6. The third kappa shape index (κ3) is 5.49. The Kier molecular flexibility index (Phi) is 13.2. The number of carbonyl (C=O) groups excluding carboxylic acids is 1. The van der Waals surface area contributed by atoms with Crippen LogP contribution in [0.4, 0.5) is 0 Å². The highest BCUT2D eigenvalue weighted by molar-refractivity contribution is 7.88. The van der Waals surface area contributed by atoms with E-state index in [0.29, 0.717) is 12.2 Å². The molecule has 0 spiro atoms. The molecular formula is C26H60O2Si4. The Bertz CT molecular complexity index is 484. The highest BCUT2D eigenvalue weighted by Crippen LogP contribution is 2.52. The van der Waals surface area contributed by atoms with Crippen molar-refractivity contribution in [2.45, 2.75) is 157 Å². The Balaban J connectivity index is 7.82. The summed E-state index contributed by atoms with van der Waals surface area (Å²) in [5, 5.41) is 0. The number of rotatable bonds is 16. The zero-order chi connectivity index (χ0) is 25.4. The standard InChI is InChI=1S/C26H60O2Si4/c1-14-29(15-2,16-3)32(30(17-4,18-5)19-6,31(20-7,21-8)22-9)28-25(23-24(10)27)26(11,12)13/h25H,14-23H2,1-13H3. The summed E-state index contributed by atoms with van der Waals surface area (Å²) in [5.41, 5.74) is 0.00398. The van der Waals surface area contributed by atoms with Crippen molar-refractivity contribution in [1.82, 2.24) is 0 Å². The Morgan fingerprint density at radius 1 is 0.625 bits per heavy atom. The van der Waals surface area contributed by atoms with Gasteiger partial charge < -0.3 is 4.43 Å². The average Bonchev–Trinajstić information content (AvgIpc) is 2.76. The van der Waals surface area contributed by atoms with Crippen LogP contribution in [0.25, 0.3) is 0 Å². The zero-order valence-corrected chi connectivity index (χ0v) is 28.5. The summed E-state index contributed by atoms with van der Waals surface area (Å²) >= 11 is 0. The van der Waals surface area contributed by atoms with Gasteiger partial charge in [-0.1, -0.05) is 137 Å². The summed E-state index contributed by atoms with van der Waals surface area (Å²) in [6.07, 6.45) is 0.680. The van der Waals surface area contributed by atoms with Gasteiger partial charge in [0.1, 0.15) is 5.78 Å². The van der Waals surface area contributed by atoms with E-state index in [1.807, 2.05) is 0 Å². The minimum absolute atomic E-state index is 0.00398. The van der Waals surface area contributed by atoms with Crippen LogP contribution in [0.3, 0.4) is 0 Å². The SMILES string of the molecule is CC[Si](CC)(CC)[Si](OC(CC(C)=O)C(C)(C)C)([Si](CC)(CC)CC)[Si](CC)(CC)CC. The lowest BCUT2D eigenvalue weighted by Crippen LogP contribution is -2.90. The van der Waals surface area contributed by atoms with Crippen molar-refractivity contribution in [3.8, 4) is 0 Å². The quantitative estimate of drug-likeness (QED) is 0.191. The highest BCUT2D eigenvalue weighted by atomic mass is 29.9. The van der Waals surface area contributed by atoms with Gasteiger partial charge in [0.25, 0.3) is 0 Å². The second kappa shape index (κ2) is 13.0. The molecule has 0 aromatic rings. The van der Waals surface area contributed by atoms with Crippen molar-refractivity contribution in [2.75, 3.05) is 0 Å². The van der Waals surface area contributed by atoms with E-state index in [1.54, 1.807) is 6.92 Å². The molecule has 192 valence electrons. The maximum absolute atomic E-state index is 12.5. The Labute approximate surface area is 206 Å². The predicted octanol–water partition coefficient (Wildman–Crippen LogP) is 9.10. The number of hydrogen-bond acceptors (Lipinski definition) is 2. The van der Waals surface area contributed by atoms with Gasteiger partial charge in [0.15, 0.2) is 6.87 Å². The van der Waals surface area contributed by atoms with Gasteiger partial charge in [-0.15, -0.1) is 0 Å². The molecule has 0 aliphatic heterocycles. The van der Waals surface area contributed by atoms with E-state index in [4.69, 9.17) is 4.43 Å². The first-order valence-electron chi connectivity index (χ1n) is 14.0. The van der Waals surface area contributed by atoms with Crippen LogP contribution >= 0.6 is 0 Å². The molecule has 0 fully saturated rings. The molecule has 2 nitrogen and oxygen atoms in total. The molecule has 0 rings (SSSR count). The monoisotopic (exact) mass is 516 g/mol. The number of ketones is 1. The van der Waals surface area contributed by atoms with Gasteiger partial charge in [-0.25, -0.2) is 0 Å². The predicted molar refractivity (Wildman–Crippen MR) is 157 cm³/mol. The summed E-state index contributed by atoms with van der Waals surface area (Å²) in [4.78, 5) is 12.5. The first-order chi connectivity index (χ1) is 14.8. The van der Waals surface area contributed by atoms with Gasteiger partial charge in [-0.3, -0.25) is 4.79 Å². The van der Waals surface area contributed by atoms with E-state index >= 15 is 0 Å². The number of Topliss-reactive ketones (excluding diaryl/α,β-unsaturated/α-hetero) is 1. The topological polar surface area (TPSA) is 26.3 Å². The van der Waals surface area contributed by atoms with Crippen LogP contribution in [-0.2, 0) is 9.22 Å². The van der Waals surface area contributed by atoms with Crippen LogP contribution in [0, 0.1) is 5.41 Å². The Morgan fingerprint density at radius 3 is 1.03 bits per heavy atom. The van der Waals surface area contributed by atoms with Gasteiger partial charge in [-0.2, -0.15) is 0 Å². The van der Waals surface area contributed by atoms with Crippen LogP contribution in [0.2, 0.25) is 54.4 Å². The fourth-order valence-electron chi connectivity index (χ4n) is 7.55. The van der Waals surface area contributed by atoms with Gasteiger partial charge in [0, 0.05) is 6.42 Å². The Morgan fingerprint density at radius 2 is 0.875 bits per heavy atom. The number of hydrogen-bond donors (Lipinski definition) is 0. The van der Waals surface area contributed by atoms with Crippen LogP contribution < -0.4 is 0 Å². The minimum atomic E-state index is -2.11. The van der Waals surface area contributed by atoms with Gasteiger partial charge in [0.2, 0.25) is 0 Å². The fraction of sp³-hybridized carbons (Fsp3) is 0.962. The van der Waals surface area contributed by atoms with E-state index in [-0.39, 0.29) is 11.5 Å². The maximum atomic E-state index is 12.5. The lowest BCUT2D eigenvalue weighted by Gasteiger charge is -2.65. The van der Waals surface area contributed by atoms with Crippen molar-refractivity contribution in [3.63, 3.8) is 0 Å². The lowest BCUT2D eigenvalue weighted by molar-refractivity contribution is -0.119. The van der Waals surface area contributed by atoms with Crippen LogP contribution in [0.1, 0.15) is 96.4 Å². The summed E-state index contributed by atoms with van der Waals surface area (Å²) in [7, 11) is -4.97. The van der Waals surface area contributed by atoms with Crippen molar-refractivity contribution >= 4 is 35.4 Å². The highest BCUT2D eigenvalue weighted by Gasteiger charge is 2.72.